The summed E-state index contributed by atoms with van der Waals surface area (Å²) in [5, 5.41) is 28.2. The molecule has 1 fully saturated rings. The summed E-state index contributed by atoms with van der Waals surface area (Å²) < 4.78 is 9.50. The first-order chi connectivity index (χ1) is 16.5. The minimum absolute atomic E-state index is 0.0537. The van der Waals surface area contributed by atoms with Gasteiger partial charge >= 0.3 is 127 Å². The fourth-order valence-electron chi connectivity index (χ4n) is 3.92. The summed E-state index contributed by atoms with van der Waals surface area (Å²) in [7, 11) is 0. The van der Waals surface area contributed by atoms with Gasteiger partial charge in [0.1, 0.15) is 24.1 Å². The van der Waals surface area contributed by atoms with Crippen LogP contribution in [0.3, 0.4) is 0 Å². The zero-order chi connectivity index (χ0) is 25.2. The number of unbranched alkanes of at least 4 members (excludes halogenated alkanes) is 10. The second kappa shape index (κ2) is 19.5. The molecule has 4 atom stereocenters. The molecule has 1 aliphatic heterocycles. The van der Waals surface area contributed by atoms with E-state index in [2.05, 4.69) is 18.8 Å². The van der Waals surface area contributed by atoms with E-state index in [9.17, 15) is 15.0 Å². The Morgan fingerprint density at radius 2 is 1.47 bits per heavy atom. The number of aliphatic hydroxyl groups is 3. The van der Waals surface area contributed by atoms with Gasteiger partial charge in [0, 0.05) is 6.20 Å². The largest absolute Gasteiger partial charge is 0.394 e. The number of aromatic nitrogens is 2. The fraction of sp³-hybridized carbons (Fsp3) is 0.840. The third-order valence-electron chi connectivity index (χ3n) is 6.06. The number of nitrogens with two attached hydrogens (primary N) is 1. The van der Waals surface area contributed by atoms with Crippen LogP contribution in [-0.4, -0.2) is 70.9 Å². The number of aliphatic hydroxyl groups excluding tert-OH is 3. The van der Waals surface area contributed by atoms with Crippen molar-refractivity contribution >= 4 is 27.0 Å². The van der Waals surface area contributed by atoms with Crippen molar-refractivity contribution in [2.24, 2.45) is 0 Å². The van der Waals surface area contributed by atoms with Crippen LogP contribution >= 0.6 is 0 Å². The molecule has 1 aromatic heterocycles. The molecule has 1 aliphatic rings. The second-order valence-corrected chi connectivity index (χ2v) is 13.3. The van der Waals surface area contributed by atoms with E-state index in [1.54, 1.807) is 21.7 Å². The molecule has 1 saturated heterocycles. The number of anilines is 1. The number of rotatable bonds is 16. The fourth-order valence-corrected chi connectivity index (χ4v) is 7.48. The average molecular weight is 588 g/mol. The van der Waals surface area contributed by atoms with Crippen LogP contribution in [0.25, 0.3) is 0 Å². The van der Waals surface area contributed by atoms with Crippen molar-refractivity contribution in [2.75, 3.05) is 12.3 Å². The quantitative estimate of drug-likeness (QED) is 0.171. The zero-order valence-electron chi connectivity index (χ0n) is 21.2. The van der Waals surface area contributed by atoms with Crippen LogP contribution in [0.1, 0.15) is 97.1 Å². The van der Waals surface area contributed by atoms with Crippen molar-refractivity contribution in [1.82, 2.24) is 9.55 Å². The number of hydrogen-bond acceptors (Lipinski definition) is 7. The maximum absolute atomic E-state index is 11.5. The smallest absolute Gasteiger partial charge is 0.351 e. The molecule has 196 valence electrons. The first-order valence-electron chi connectivity index (χ1n) is 13.1. The minimum Gasteiger partial charge on any atom is -0.394 e. The van der Waals surface area contributed by atoms with Gasteiger partial charge in [0.25, 0.3) is 0 Å². The van der Waals surface area contributed by atoms with Gasteiger partial charge in [-0.1, -0.05) is 0 Å². The van der Waals surface area contributed by atoms with Crippen LogP contribution in [0.4, 0.5) is 5.82 Å². The third-order valence-corrected chi connectivity index (χ3v) is 10.1. The Hall–Kier alpha value is -0.681. The summed E-state index contributed by atoms with van der Waals surface area (Å²) >= 11 is 0.0736. The molecule has 0 spiro atoms. The standard InChI is InChI=1S/C9H13N3O5.2C8H17.Sn/c10-5-1-2-12(9(16)11-5)8-7(15)6(14)4(3-13)17-8;2*1-3-5-7-8-6-4-2;/h1-2,4,6-8,13-15H,3H2,(H2,10,11,16);2*1,3-8H2,2H3;. The molecule has 9 heteroatoms. The molecule has 0 bridgehead atoms. The normalized spacial score (nSPS) is 21.9. The molecule has 34 heavy (non-hydrogen) atoms. The molecule has 2 radical (unpaired) electrons. The van der Waals surface area contributed by atoms with Gasteiger partial charge in [0.2, 0.25) is 0 Å². The molecule has 5 N–H and O–H groups in total. The van der Waals surface area contributed by atoms with E-state index in [1.807, 2.05) is 0 Å². The van der Waals surface area contributed by atoms with E-state index < -0.39 is 36.8 Å². The molecule has 0 aliphatic carbocycles. The van der Waals surface area contributed by atoms with Gasteiger partial charge in [-0.25, -0.2) is 4.79 Å². The zero-order valence-corrected chi connectivity index (χ0v) is 24.1. The topological polar surface area (TPSA) is 131 Å². The molecular formula is C25H47N3O5Sn. The average Bonchev–Trinajstić information content (AvgIpc) is 3.11. The van der Waals surface area contributed by atoms with Gasteiger partial charge in [-0.15, -0.1) is 0 Å². The predicted molar refractivity (Wildman–Crippen MR) is 138 cm³/mol. The van der Waals surface area contributed by atoms with E-state index in [4.69, 9.17) is 15.6 Å². The van der Waals surface area contributed by atoms with E-state index in [0.29, 0.717) is 0 Å². The van der Waals surface area contributed by atoms with E-state index in [0.717, 1.165) is 4.57 Å². The van der Waals surface area contributed by atoms with Crippen LogP contribution in [0.5, 0.6) is 0 Å². The van der Waals surface area contributed by atoms with Gasteiger partial charge in [-0.2, -0.15) is 4.98 Å². The van der Waals surface area contributed by atoms with Crippen molar-refractivity contribution in [3.05, 3.63) is 22.7 Å². The molecular weight excluding hydrogens is 541 g/mol. The maximum Gasteiger partial charge on any atom is 0.351 e. The third kappa shape index (κ3) is 12.3. The molecule has 0 aromatic carbocycles. The van der Waals surface area contributed by atoms with Crippen LogP contribution in [0.2, 0.25) is 8.87 Å². The van der Waals surface area contributed by atoms with E-state index >= 15 is 0 Å². The Morgan fingerprint density at radius 3 is 1.94 bits per heavy atom. The van der Waals surface area contributed by atoms with Gasteiger partial charge in [0.15, 0.2) is 6.23 Å². The van der Waals surface area contributed by atoms with Crippen LogP contribution in [0.15, 0.2) is 17.1 Å². The van der Waals surface area contributed by atoms with Crippen molar-refractivity contribution in [3.63, 3.8) is 0 Å². The van der Waals surface area contributed by atoms with Gasteiger partial charge < -0.3 is 25.8 Å². The molecule has 8 nitrogen and oxygen atoms in total. The summed E-state index contributed by atoms with van der Waals surface area (Å²) in [4.78, 5) is 15.0. The van der Waals surface area contributed by atoms with Crippen molar-refractivity contribution in [3.8, 4) is 0 Å². The molecule has 4 unspecified atom stereocenters. The number of nitrogens with zero attached hydrogens (tertiary/aromatic N) is 2. The monoisotopic (exact) mass is 589 g/mol. The van der Waals surface area contributed by atoms with Gasteiger partial charge in [-0.05, 0) is 6.07 Å². The molecule has 2 heterocycles. The number of nitrogen functional groups attached to an aromatic ring is 1. The predicted octanol–water partition coefficient (Wildman–Crippen LogP) is 3.69. The molecule has 1 aromatic rings. The Labute approximate surface area is 215 Å². The Kier molecular flexibility index (Phi) is 18.0. The van der Waals surface area contributed by atoms with Crippen molar-refractivity contribution in [1.29, 1.82) is 0 Å². The first-order valence-corrected chi connectivity index (χ1v) is 17.2. The van der Waals surface area contributed by atoms with Crippen LogP contribution < -0.4 is 11.4 Å². The van der Waals surface area contributed by atoms with Gasteiger partial charge in [-0.3, -0.25) is 4.57 Å². The van der Waals surface area contributed by atoms with Crippen LogP contribution in [-0.2, 0) is 4.74 Å². The summed E-state index contributed by atoms with van der Waals surface area (Å²) in [6, 6.07) is 1.37. The second-order valence-electron chi connectivity index (χ2n) is 9.06. The van der Waals surface area contributed by atoms with E-state index in [-0.39, 0.29) is 27.0 Å². The SMILES string of the molecule is CCCCCCC[CH2][Sn][CH2]CCCCCCC.Nc1ccn(C2OC(CO)C(O)C2O)c(=O)n1. The number of ether oxygens (including phenoxy) is 1. The molecule has 2 rings (SSSR count). The maximum atomic E-state index is 11.5. The van der Waals surface area contributed by atoms with E-state index in [1.165, 1.54) is 76.5 Å². The molecule has 0 saturated carbocycles. The Morgan fingerprint density at radius 1 is 0.941 bits per heavy atom. The van der Waals surface area contributed by atoms with Crippen LogP contribution in [0, 0.1) is 0 Å². The van der Waals surface area contributed by atoms with Gasteiger partial charge in [0.05, 0.1) is 6.61 Å². The summed E-state index contributed by atoms with van der Waals surface area (Å²) in [6.45, 7) is 4.15. The van der Waals surface area contributed by atoms with Crippen molar-refractivity contribution < 1.29 is 20.1 Å². The van der Waals surface area contributed by atoms with Crippen molar-refractivity contribution in [2.45, 2.75) is 124 Å². The Balaban J connectivity index is 0.000000340. The Bertz CT molecular complexity index is 677. The number of hydrogen-bond donors (Lipinski definition) is 4. The molecule has 0 amide bonds. The summed E-state index contributed by atoms with van der Waals surface area (Å²) in [6.07, 6.45) is 14.6. The summed E-state index contributed by atoms with van der Waals surface area (Å²) in [5.74, 6) is 0.0537. The first kappa shape index (κ1) is 31.3. The minimum atomic E-state index is -1.31. The summed E-state index contributed by atoms with van der Waals surface area (Å²) in [5.41, 5.74) is 4.63.